The van der Waals surface area contributed by atoms with Gasteiger partial charge in [0.05, 0.1) is 16.6 Å². The van der Waals surface area contributed by atoms with Crippen LogP contribution in [0.25, 0.3) is 0 Å². The molecule has 1 atom stereocenters. The summed E-state index contributed by atoms with van der Waals surface area (Å²) >= 11 is 0. The number of hydrogen-bond acceptors (Lipinski definition) is 4. The second-order valence-corrected chi connectivity index (χ2v) is 3.22. The molecule has 0 aromatic heterocycles. The summed E-state index contributed by atoms with van der Waals surface area (Å²) in [6.45, 7) is 1.65. The van der Waals surface area contributed by atoms with E-state index in [1.165, 1.54) is 24.3 Å². The number of carboxylic acid groups (broad SMARTS) is 1. The van der Waals surface area contributed by atoms with Gasteiger partial charge in [0, 0.05) is 6.07 Å². The van der Waals surface area contributed by atoms with Crippen molar-refractivity contribution in [3.63, 3.8) is 0 Å². The molecule has 0 aliphatic rings. The second-order valence-electron chi connectivity index (χ2n) is 3.22. The fraction of sp³-hybridized carbons (Fsp3) is 0.200. The summed E-state index contributed by atoms with van der Waals surface area (Å²) in [5, 5.41) is 28.1. The van der Waals surface area contributed by atoms with Gasteiger partial charge >= 0.3 is 5.97 Å². The van der Waals surface area contributed by atoms with E-state index in [1.807, 2.05) is 0 Å². The van der Waals surface area contributed by atoms with Gasteiger partial charge in [-0.3, -0.25) is 14.9 Å². The lowest BCUT2D eigenvalue weighted by molar-refractivity contribution is -0.385. The second kappa shape index (κ2) is 4.40. The smallest absolute Gasteiger partial charge is 0.325 e. The highest BCUT2D eigenvalue weighted by atomic mass is 16.6. The van der Waals surface area contributed by atoms with Crippen LogP contribution < -0.4 is 0 Å². The molecule has 1 N–H and O–H groups in total. The van der Waals surface area contributed by atoms with Crippen molar-refractivity contribution in [2.45, 2.75) is 12.8 Å². The summed E-state index contributed by atoms with van der Waals surface area (Å²) in [7, 11) is 0. The van der Waals surface area contributed by atoms with Crippen LogP contribution in [-0.4, -0.2) is 16.0 Å². The Morgan fingerprint density at radius 2 is 2.25 bits per heavy atom. The molecule has 0 fully saturated rings. The van der Waals surface area contributed by atoms with E-state index in [0.717, 1.165) is 0 Å². The van der Waals surface area contributed by atoms with Gasteiger partial charge in [0.2, 0.25) is 0 Å². The Hall–Kier alpha value is -2.42. The van der Waals surface area contributed by atoms with Crippen LogP contribution in [0.5, 0.6) is 0 Å². The van der Waals surface area contributed by atoms with Crippen LogP contribution in [0.1, 0.15) is 17.0 Å². The van der Waals surface area contributed by atoms with Gasteiger partial charge in [0.25, 0.3) is 5.69 Å². The lowest BCUT2D eigenvalue weighted by Crippen LogP contribution is -2.11. The summed E-state index contributed by atoms with van der Waals surface area (Å²) < 4.78 is 0. The van der Waals surface area contributed by atoms with Crippen molar-refractivity contribution in [3.05, 3.63) is 39.4 Å². The van der Waals surface area contributed by atoms with Gasteiger partial charge in [-0.2, -0.15) is 5.26 Å². The van der Waals surface area contributed by atoms with Crippen molar-refractivity contribution >= 4 is 11.7 Å². The van der Waals surface area contributed by atoms with Gasteiger partial charge < -0.3 is 5.11 Å². The minimum absolute atomic E-state index is 0.0920. The maximum Gasteiger partial charge on any atom is 0.325 e. The first-order valence-electron chi connectivity index (χ1n) is 4.34. The van der Waals surface area contributed by atoms with Crippen LogP contribution >= 0.6 is 0 Å². The van der Waals surface area contributed by atoms with Gasteiger partial charge in [-0.1, -0.05) is 6.07 Å². The Morgan fingerprint density at radius 1 is 1.62 bits per heavy atom. The zero-order chi connectivity index (χ0) is 12.3. The highest BCUT2D eigenvalue weighted by Crippen LogP contribution is 2.27. The van der Waals surface area contributed by atoms with Crippen molar-refractivity contribution in [1.29, 1.82) is 5.26 Å². The van der Waals surface area contributed by atoms with Crippen LogP contribution in [0.15, 0.2) is 18.2 Å². The molecule has 6 nitrogen and oxygen atoms in total. The number of nitro groups is 1. The van der Waals surface area contributed by atoms with E-state index in [0.29, 0.717) is 5.56 Å². The highest BCUT2D eigenvalue weighted by molar-refractivity contribution is 5.81. The Bertz CT molecular complexity index is 490. The number of hydrogen-bond donors (Lipinski definition) is 1. The van der Waals surface area contributed by atoms with Gasteiger partial charge in [-0.15, -0.1) is 0 Å². The molecule has 0 aliphatic heterocycles. The minimum atomic E-state index is -1.51. The van der Waals surface area contributed by atoms with Crippen LogP contribution in [-0.2, 0) is 4.79 Å². The molecule has 0 heterocycles. The van der Waals surface area contributed by atoms with E-state index in [9.17, 15) is 14.9 Å². The molecule has 0 spiro atoms. The van der Waals surface area contributed by atoms with Gasteiger partial charge in [0.1, 0.15) is 0 Å². The first-order valence-corrected chi connectivity index (χ1v) is 4.34. The number of carbonyl (C=O) groups is 1. The maximum atomic E-state index is 10.7. The van der Waals surface area contributed by atoms with Crippen molar-refractivity contribution in [1.82, 2.24) is 0 Å². The largest absolute Gasteiger partial charge is 0.480 e. The summed E-state index contributed by atoms with van der Waals surface area (Å²) in [6, 6.07) is 5.62. The molecule has 6 heteroatoms. The predicted octanol–water partition coefficient (Wildman–Crippen LogP) is 1.59. The van der Waals surface area contributed by atoms with E-state index in [4.69, 9.17) is 10.4 Å². The number of nitriles is 1. The zero-order valence-electron chi connectivity index (χ0n) is 8.38. The number of nitrogens with zero attached hydrogens (tertiary/aromatic N) is 2. The predicted molar refractivity (Wildman–Crippen MR) is 53.8 cm³/mol. The molecule has 0 radical (unpaired) electrons. The average molecular weight is 220 g/mol. The summed E-state index contributed by atoms with van der Waals surface area (Å²) in [5.41, 5.74) is 0.206. The molecular weight excluding hydrogens is 212 g/mol. The van der Waals surface area contributed by atoms with E-state index < -0.39 is 16.8 Å². The molecule has 0 saturated carbocycles. The number of aryl methyl sites for hydroxylation is 1. The Labute approximate surface area is 90.9 Å². The van der Waals surface area contributed by atoms with Crippen molar-refractivity contribution in [2.75, 3.05) is 0 Å². The lowest BCUT2D eigenvalue weighted by atomic mass is 9.97. The lowest BCUT2D eigenvalue weighted by Gasteiger charge is -2.05. The molecule has 1 aromatic carbocycles. The highest BCUT2D eigenvalue weighted by Gasteiger charge is 2.27. The van der Waals surface area contributed by atoms with Gasteiger partial charge in [-0.25, -0.2) is 0 Å². The molecule has 0 bridgehead atoms. The third-order valence-corrected chi connectivity index (χ3v) is 2.07. The molecule has 0 saturated heterocycles. The fourth-order valence-electron chi connectivity index (χ4n) is 1.31. The van der Waals surface area contributed by atoms with Crippen LogP contribution in [0.4, 0.5) is 5.69 Å². The number of rotatable bonds is 3. The minimum Gasteiger partial charge on any atom is -0.480 e. The fourth-order valence-corrected chi connectivity index (χ4v) is 1.31. The third-order valence-electron chi connectivity index (χ3n) is 2.07. The molecule has 1 aromatic rings. The van der Waals surface area contributed by atoms with Crippen LogP contribution in [0.3, 0.4) is 0 Å². The first-order chi connectivity index (χ1) is 7.47. The monoisotopic (exact) mass is 220 g/mol. The molecule has 16 heavy (non-hydrogen) atoms. The number of benzene rings is 1. The quantitative estimate of drug-likeness (QED) is 0.615. The average Bonchev–Trinajstić information content (AvgIpc) is 2.20. The molecule has 0 amide bonds. The Morgan fingerprint density at radius 3 is 2.69 bits per heavy atom. The third kappa shape index (κ3) is 2.15. The molecule has 82 valence electrons. The van der Waals surface area contributed by atoms with Crippen molar-refractivity contribution in [3.8, 4) is 6.07 Å². The standard InChI is InChI=1S/C10H8N2O4/c1-6-2-3-7(8(5-11)10(13)14)9(4-6)12(15)16/h2-4,8H,1H3,(H,13,14). The summed E-state index contributed by atoms with van der Waals surface area (Å²) in [5.74, 6) is -2.91. The summed E-state index contributed by atoms with van der Waals surface area (Å²) in [4.78, 5) is 20.8. The molecule has 0 aliphatic carbocycles. The first kappa shape index (κ1) is 11.7. The molecule has 1 rings (SSSR count). The number of aliphatic carboxylic acids is 1. The topological polar surface area (TPSA) is 104 Å². The van der Waals surface area contributed by atoms with Crippen LogP contribution in [0.2, 0.25) is 0 Å². The van der Waals surface area contributed by atoms with E-state index in [1.54, 1.807) is 6.92 Å². The number of nitro benzene ring substituents is 1. The Balaban J connectivity index is 3.38. The van der Waals surface area contributed by atoms with E-state index in [2.05, 4.69) is 0 Å². The normalized spacial score (nSPS) is 11.5. The Kier molecular flexibility index (Phi) is 3.20. The van der Waals surface area contributed by atoms with Gasteiger partial charge in [0.15, 0.2) is 5.92 Å². The van der Waals surface area contributed by atoms with E-state index >= 15 is 0 Å². The van der Waals surface area contributed by atoms with E-state index in [-0.39, 0.29) is 11.3 Å². The maximum absolute atomic E-state index is 10.7. The van der Waals surface area contributed by atoms with Gasteiger partial charge in [-0.05, 0) is 18.6 Å². The zero-order valence-corrected chi connectivity index (χ0v) is 8.38. The molecule has 1 unspecified atom stereocenters. The number of carboxylic acids is 1. The van der Waals surface area contributed by atoms with Crippen molar-refractivity contribution < 1.29 is 14.8 Å². The summed E-state index contributed by atoms with van der Waals surface area (Å²) in [6.07, 6.45) is 0. The van der Waals surface area contributed by atoms with Crippen LogP contribution in [0, 0.1) is 28.4 Å². The SMILES string of the molecule is Cc1ccc(C(C#N)C(=O)O)c([N+](=O)[O-])c1. The van der Waals surface area contributed by atoms with Crippen molar-refractivity contribution in [2.24, 2.45) is 0 Å². The molecular formula is C10H8N2O4.